The molecule has 3 nitrogen and oxygen atoms in total. The Morgan fingerprint density at radius 1 is 1.19 bits per heavy atom. The van der Waals surface area contributed by atoms with Gasteiger partial charge < -0.3 is 0 Å². The Balaban J connectivity index is 1.85. The molecule has 0 N–H and O–H groups in total. The first kappa shape index (κ1) is 12.8. The highest BCUT2D eigenvalue weighted by molar-refractivity contribution is 6.24. The second-order valence-electron chi connectivity index (χ2n) is 6.85. The van der Waals surface area contributed by atoms with Crippen molar-refractivity contribution in [3.8, 4) is 0 Å². The molecule has 1 saturated carbocycles. The maximum absolute atomic E-state index is 13.0. The highest BCUT2D eigenvalue weighted by Gasteiger charge is 2.67. The van der Waals surface area contributed by atoms with Gasteiger partial charge in [-0.05, 0) is 56.2 Å². The summed E-state index contributed by atoms with van der Waals surface area (Å²) in [7, 11) is 0. The van der Waals surface area contributed by atoms with Crippen LogP contribution in [0.3, 0.4) is 0 Å². The Morgan fingerprint density at radius 3 is 2.67 bits per heavy atom. The van der Waals surface area contributed by atoms with Gasteiger partial charge in [-0.25, -0.2) is 4.90 Å². The first-order valence-electron chi connectivity index (χ1n) is 7.59. The summed E-state index contributed by atoms with van der Waals surface area (Å²) in [6, 6.07) is 5.82. The topological polar surface area (TPSA) is 37.4 Å². The van der Waals surface area contributed by atoms with E-state index in [0.717, 1.165) is 23.2 Å². The third kappa shape index (κ3) is 1.34. The van der Waals surface area contributed by atoms with Gasteiger partial charge in [-0.15, -0.1) is 0 Å². The Bertz CT molecular complexity index is 705. The van der Waals surface area contributed by atoms with Gasteiger partial charge in [0, 0.05) is 0 Å². The van der Waals surface area contributed by atoms with Gasteiger partial charge >= 0.3 is 0 Å². The number of fused-ring (bicyclic) bond motifs is 5. The number of aryl methyl sites for hydroxylation is 1. The summed E-state index contributed by atoms with van der Waals surface area (Å²) in [6.07, 6.45) is 5.23. The molecule has 0 spiro atoms. The highest BCUT2D eigenvalue weighted by Crippen LogP contribution is 2.61. The molecule has 2 bridgehead atoms. The van der Waals surface area contributed by atoms with Crippen molar-refractivity contribution in [1.82, 2.24) is 0 Å². The van der Waals surface area contributed by atoms with Crippen molar-refractivity contribution in [2.24, 2.45) is 23.2 Å². The van der Waals surface area contributed by atoms with Crippen molar-refractivity contribution < 1.29 is 9.59 Å². The fourth-order valence-corrected chi connectivity index (χ4v) is 4.51. The van der Waals surface area contributed by atoms with Gasteiger partial charge in [0.05, 0.1) is 17.0 Å². The van der Waals surface area contributed by atoms with Crippen molar-refractivity contribution in [3.05, 3.63) is 41.5 Å². The predicted octanol–water partition coefficient (Wildman–Crippen LogP) is 3.01. The molecule has 1 aliphatic heterocycles. The minimum atomic E-state index is -0.535. The van der Waals surface area contributed by atoms with E-state index in [4.69, 9.17) is 0 Å². The molecule has 2 fully saturated rings. The molecule has 0 radical (unpaired) electrons. The van der Waals surface area contributed by atoms with Crippen LogP contribution in [0.1, 0.15) is 24.5 Å². The van der Waals surface area contributed by atoms with E-state index in [2.05, 4.69) is 12.2 Å². The molecule has 3 heteroatoms. The fraction of sp³-hybridized carbons (Fsp3) is 0.444. The number of hydrogen-bond donors (Lipinski definition) is 0. The van der Waals surface area contributed by atoms with Crippen LogP contribution in [0.25, 0.3) is 0 Å². The number of nitrogens with zero attached hydrogens (tertiary/aromatic N) is 1. The number of hydrogen-bond acceptors (Lipinski definition) is 2. The third-order valence-corrected chi connectivity index (χ3v) is 5.93. The van der Waals surface area contributed by atoms with Crippen LogP contribution in [0.5, 0.6) is 0 Å². The van der Waals surface area contributed by atoms with Crippen LogP contribution in [-0.2, 0) is 9.59 Å². The zero-order chi connectivity index (χ0) is 14.9. The Morgan fingerprint density at radius 2 is 1.95 bits per heavy atom. The number of rotatable bonds is 1. The number of anilines is 1. The van der Waals surface area contributed by atoms with E-state index in [9.17, 15) is 9.59 Å². The summed E-state index contributed by atoms with van der Waals surface area (Å²) >= 11 is 0. The van der Waals surface area contributed by atoms with Crippen LogP contribution in [0.2, 0.25) is 0 Å². The van der Waals surface area contributed by atoms with Gasteiger partial charge in [0.2, 0.25) is 11.8 Å². The standard InChI is InChI=1S/C18H19NO2/c1-10-5-4-6-14(11(10)2)19-16(20)15-12-7-8-13(9-12)18(15,3)17(19)21/h4-8,12-13,15H,9H2,1-3H3/t12-,13-,15+,18+/m0/s1. The van der Waals surface area contributed by atoms with E-state index in [1.807, 2.05) is 39.0 Å². The van der Waals surface area contributed by atoms with Gasteiger partial charge in [-0.3, -0.25) is 9.59 Å². The summed E-state index contributed by atoms with van der Waals surface area (Å²) in [6.45, 7) is 5.98. The van der Waals surface area contributed by atoms with Gasteiger partial charge in [0.1, 0.15) is 0 Å². The van der Waals surface area contributed by atoms with Crippen molar-refractivity contribution in [3.63, 3.8) is 0 Å². The lowest BCUT2D eigenvalue weighted by Crippen LogP contribution is -2.37. The summed E-state index contributed by atoms with van der Waals surface area (Å²) in [5.74, 6) is 0.279. The fourth-order valence-electron chi connectivity index (χ4n) is 4.51. The maximum Gasteiger partial charge on any atom is 0.241 e. The first-order chi connectivity index (χ1) is 9.96. The van der Waals surface area contributed by atoms with Crippen molar-refractivity contribution in [2.45, 2.75) is 27.2 Å². The van der Waals surface area contributed by atoms with Crippen molar-refractivity contribution >= 4 is 17.5 Å². The lowest BCUT2D eigenvalue weighted by Gasteiger charge is -2.28. The molecule has 108 valence electrons. The lowest BCUT2D eigenvalue weighted by atomic mass is 9.71. The number of benzene rings is 1. The zero-order valence-electron chi connectivity index (χ0n) is 12.6. The zero-order valence-corrected chi connectivity index (χ0v) is 12.6. The third-order valence-electron chi connectivity index (χ3n) is 5.93. The molecule has 1 aromatic rings. The number of imide groups is 1. The Kier molecular flexibility index (Phi) is 2.35. The van der Waals surface area contributed by atoms with Crippen LogP contribution in [0.15, 0.2) is 30.4 Å². The average molecular weight is 281 g/mol. The molecular formula is C18H19NO2. The van der Waals surface area contributed by atoms with E-state index < -0.39 is 5.41 Å². The number of amides is 2. The number of carbonyl (C=O) groups is 2. The van der Waals surface area contributed by atoms with E-state index in [-0.39, 0.29) is 29.6 Å². The predicted molar refractivity (Wildman–Crippen MR) is 80.7 cm³/mol. The van der Waals surface area contributed by atoms with Crippen LogP contribution in [0, 0.1) is 37.0 Å². The summed E-state index contributed by atoms with van der Waals surface area (Å²) in [5, 5.41) is 0. The average Bonchev–Trinajstić information content (AvgIpc) is 3.07. The normalized spacial score (nSPS) is 36.7. The van der Waals surface area contributed by atoms with Crippen LogP contribution >= 0.6 is 0 Å². The van der Waals surface area contributed by atoms with E-state index in [1.165, 1.54) is 4.90 Å². The monoisotopic (exact) mass is 281 g/mol. The van der Waals surface area contributed by atoms with Crippen molar-refractivity contribution in [2.75, 3.05) is 4.90 Å². The lowest BCUT2D eigenvalue weighted by molar-refractivity contribution is -0.127. The molecule has 1 heterocycles. The van der Waals surface area contributed by atoms with Gasteiger partial charge in [0.15, 0.2) is 0 Å². The Labute approximate surface area is 124 Å². The molecule has 1 aromatic carbocycles. The summed E-state index contributed by atoms with van der Waals surface area (Å²) in [5.41, 5.74) is 2.35. The minimum absolute atomic E-state index is 0.00644. The van der Waals surface area contributed by atoms with Gasteiger partial charge in [0.25, 0.3) is 0 Å². The molecule has 2 aliphatic carbocycles. The molecule has 4 rings (SSSR count). The number of allylic oxidation sites excluding steroid dienone is 2. The molecule has 4 atom stereocenters. The molecule has 0 aromatic heterocycles. The Hall–Kier alpha value is -1.90. The molecule has 21 heavy (non-hydrogen) atoms. The first-order valence-corrected chi connectivity index (χ1v) is 7.59. The second kappa shape index (κ2) is 3.85. The van der Waals surface area contributed by atoms with Crippen LogP contribution < -0.4 is 4.90 Å². The largest absolute Gasteiger partial charge is 0.274 e. The molecular weight excluding hydrogens is 262 g/mol. The number of carbonyl (C=O) groups excluding carboxylic acids is 2. The second-order valence-corrected chi connectivity index (χ2v) is 6.85. The minimum Gasteiger partial charge on any atom is -0.274 e. The van der Waals surface area contributed by atoms with Gasteiger partial charge in [-0.2, -0.15) is 0 Å². The molecule has 3 aliphatic rings. The molecule has 1 saturated heterocycles. The SMILES string of the molecule is Cc1cccc(N2C(=O)[C@H]3[C@H]4C=C[C@@H](C4)[C@@]3(C)C2=O)c1C. The van der Waals surface area contributed by atoms with Gasteiger partial charge in [-0.1, -0.05) is 24.3 Å². The maximum atomic E-state index is 13.0. The van der Waals surface area contributed by atoms with E-state index >= 15 is 0 Å². The highest BCUT2D eigenvalue weighted by atomic mass is 16.2. The molecule has 2 amide bonds. The quantitative estimate of drug-likeness (QED) is 0.586. The van der Waals surface area contributed by atoms with Crippen LogP contribution in [0.4, 0.5) is 5.69 Å². The van der Waals surface area contributed by atoms with E-state index in [0.29, 0.717) is 0 Å². The smallest absolute Gasteiger partial charge is 0.241 e. The summed E-state index contributed by atoms with van der Waals surface area (Å²) < 4.78 is 0. The summed E-state index contributed by atoms with van der Waals surface area (Å²) in [4.78, 5) is 27.4. The molecule has 0 unspecified atom stereocenters. The van der Waals surface area contributed by atoms with E-state index in [1.54, 1.807) is 0 Å². The van der Waals surface area contributed by atoms with Crippen molar-refractivity contribution in [1.29, 1.82) is 0 Å². The van der Waals surface area contributed by atoms with Crippen LogP contribution in [-0.4, -0.2) is 11.8 Å².